The van der Waals surface area contributed by atoms with Crippen molar-refractivity contribution < 1.29 is 23.0 Å². The van der Waals surface area contributed by atoms with Gasteiger partial charge in [0, 0.05) is 12.6 Å². The average Bonchev–Trinajstić information content (AvgIpc) is 2.25. The molecule has 0 aromatic heterocycles. The maximum atomic E-state index is 11.9. The lowest BCUT2D eigenvalue weighted by molar-refractivity contribution is -0.274. The van der Waals surface area contributed by atoms with Gasteiger partial charge in [-0.15, -0.1) is 13.2 Å². The van der Waals surface area contributed by atoms with Crippen LogP contribution in [0.3, 0.4) is 0 Å². The van der Waals surface area contributed by atoms with Gasteiger partial charge in [0.2, 0.25) is 0 Å². The highest BCUT2D eigenvalue weighted by atomic mass is 19.4. The second kappa shape index (κ2) is 5.88. The number of aliphatic hydroxyl groups excluding tert-OH is 1. The molecule has 0 aliphatic carbocycles. The molecule has 2 N–H and O–H groups in total. The molecule has 1 atom stereocenters. The van der Waals surface area contributed by atoms with Crippen molar-refractivity contribution in [2.45, 2.75) is 25.9 Å². The van der Waals surface area contributed by atoms with Gasteiger partial charge >= 0.3 is 6.36 Å². The van der Waals surface area contributed by atoms with E-state index in [1.54, 1.807) is 6.92 Å². The summed E-state index contributed by atoms with van der Waals surface area (Å²) in [4.78, 5) is 0. The first kappa shape index (κ1) is 13.8. The summed E-state index contributed by atoms with van der Waals surface area (Å²) in [5.74, 6) is -0.239. The Morgan fingerprint density at radius 3 is 2.35 bits per heavy atom. The van der Waals surface area contributed by atoms with Gasteiger partial charge < -0.3 is 15.2 Å². The topological polar surface area (TPSA) is 41.5 Å². The zero-order chi connectivity index (χ0) is 12.9. The number of benzene rings is 1. The molecule has 1 unspecified atom stereocenters. The fourth-order valence-corrected chi connectivity index (χ4v) is 1.17. The van der Waals surface area contributed by atoms with Gasteiger partial charge in [0.1, 0.15) is 5.75 Å². The van der Waals surface area contributed by atoms with Crippen LogP contribution in [-0.2, 0) is 6.54 Å². The molecule has 0 aliphatic rings. The molecular weight excluding hydrogens is 235 g/mol. The van der Waals surface area contributed by atoms with Crippen molar-refractivity contribution in [2.24, 2.45) is 0 Å². The number of halogens is 3. The van der Waals surface area contributed by atoms with Gasteiger partial charge in [0.25, 0.3) is 0 Å². The first-order valence-corrected chi connectivity index (χ1v) is 5.09. The van der Waals surface area contributed by atoms with Crippen molar-refractivity contribution in [1.29, 1.82) is 0 Å². The molecule has 1 aromatic rings. The summed E-state index contributed by atoms with van der Waals surface area (Å²) < 4.78 is 39.4. The van der Waals surface area contributed by atoms with E-state index in [9.17, 15) is 13.2 Å². The smallest absolute Gasteiger partial charge is 0.406 e. The number of alkyl halides is 3. The highest BCUT2D eigenvalue weighted by Gasteiger charge is 2.30. The monoisotopic (exact) mass is 249 g/mol. The van der Waals surface area contributed by atoms with E-state index < -0.39 is 6.36 Å². The molecule has 0 radical (unpaired) electrons. The molecular formula is C11H14F3NO2. The Hall–Kier alpha value is -1.27. The minimum Gasteiger partial charge on any atom is -0.406 e. The largest absolute Gasteiger partial charge is 0.573 e. The Morgan fingerprint density at radius 2 is 1.88 bits per heavy atom. The molecule has 0 bridgehead atoms. The number of rotatable bonds is 5. The molecule has 0 fully saturated rings. The van der Waals surface area contributed by atoms with Crippen molar-refractivity contribution >= 4 is 0 Å². The SMILES string of the molecule is CC(CO)NCc1ccc(OC(F)(F)F)cc1. The number of hydrogen-bond acceptors (Lipinski definition) is 3. The molecule has 0 aliphatic heterocycles. The lowest BCUT2D eigenvalue weighted by atomic mass is 10.2. The van der Waals surface area contributed by atoms with Crippen LogP contribution in [0.25, 0.3) is 0 Å². The minimum absolute atomic E-state index is 0.00919. The first-order valence-electron chi connectivity index (χ1n) is 5.09. The number of ether oxygens (including phenoxy) is 1. The van der Waals surface area contributed by atoms with Crippen LogP contribution in [0.2, 0.25) is 0 Å². The Labute approximate surface area is 97.2 Å². The highest BCUT2D eigenvalue weighted by molar-refractivity contribution is 5.27. The van der Waals surface area contributed by atoms with E-state index in [-0.39, 0.29) is 18.4 Å². The van der Waals surface area contributed by atoms with Crippen LogP contribution in [-0.4, -0.2) is 24.1 Å². The van der Waals surface area contributed by atoms with Crippen LogP contribution in [0, 0.1) is 0 Å². The minimum atomic E-state index is -4.66. The van der Waals surface area contributed by atoms with Crippen molar-refractivity contribution in [3.05, 3.63) is 29.8 Å². The molecule has 0 amide bonds. The summed E-state index contributed by atoms with van der Waals surface area (Å²) in [7, 11) is 0. The van der Waals surface area contributed by atoms with Crippen molar-refractivity contribution in [3.63, 3.8) is 0 Å². The molecule has 3 nitrogen and oxygen atoms in total. The summed E-state index contributed by atoms with van der Waals surface area (Å²) >= 11 is 0. The molecule has 6 heteroatoms. The lowest BCUT2D eigenvalue weighted by Crippen LogP contribution is -2.28. The quantitative estimate of drug-likeness (QED) is 0.839. The fraction of sp³-hybridized carbons (Fsp3) is 0.455. The van der Waals surface area contributed by atoms with Crippen LogP contribution in [0.15, 0.2) is 24.3 Å². The molecule has 0 heterocycles. The molecule has 0 saturated heterocycles. The maximum absolute atomic E-state index is 11.9. The Balaban J connectivity index is 2.50. The Morgan fingerprint density at radius 1 is 1.29 bits per heavy atom. The summed E-state index contributed by atoms with van der Waals surface area (Å²) in [6, 6.07) is 5.54. The zero-order valence-electron chi connectivity index (χ0n) is 9.29. The zero-order valence-corrected chi connectivity index (χ0v) is 9.29. The van der Waals surface area contributed by atoms with Crippen LogP contribution in [0.4, 0.5) is 13.2 Å². The third-order valence-electron chi connectivity index (χ3n) is 2.09. The van der Waals surface area contributed by atoms with Crippen LogP contribution in [0.1, 0.15) is 12.5 Å². The average molecular weight is 249 g/mol. The standard InChI is InChI=1S/C11H14F3NO2/c1-8(7-16)15-6-9-2-4-10(5-3-9)17-11(12,13)14/h2-5,8,15-16H,6-7H2,1H3. The van der Waals surface area contributed by atoms with Gasteiger partial charge in [-0.1, -0.05) is 12.1 Å². The maximum Gasteiger partial charge on any atom is 0.573 e. The summed E-state index contributed by atoms with van der Waals surface area (Å²) in [6.07, 6.45) is -4.66. The van der Waals surface area contributed by atoms with Crippen molar-refractivity contribution in [3.8, 4) is 5.75 Å². The third-order valence-corrected chi connectivity index (χ3v) is 2.09. The van der Waals surface area contributed by atoms with E-state index in [1.165, 1.54) is 24.3 Å². The highest BCUT2D eigenvalue weighted by Crippen LogP contribution is 2.22. The summed E-state index contributed by atoms with van der Waals surface area (Å²) in [5, 5.41) is 11.8. The first-order chi connectivity index (χ1) is 7.90. The normalized spacial score (nSPS) is 13.5. The predicted molar refractivity (Wildman–Crippen MR) is 56.5 cm³/mol. The van der Waals surface area contributed by atoms with Crippen LogP contribution < -0.4 is 10.1 Å². The molecule has 1 aromatic carbocycles. The van der Waals surface area contributed by atoms with E-state index in [0.717, 1.165) is 5.56 Å². The fourth-order valence-electron chi connectivity index (χ4n) is 1.17. The van der Waals surface area contributed by atoms with Gasteiger partial charge in [0.05, 0.1) is 6.61 Å². The van der Waals surface area contributed by atoms with Gasteiger partial charge in [-0.25, -0.2) is 0 Å². The second-order valence-corrected chi connectivity index (χ2v) is 3.66. The van der Waals surface area contributed by atoms with Crippen molar-refractivity contribution in [2.75, 3.05) is 6.61 Å². The predicted octanol–water partition coefficient (Wildman–Crippen LogP) is 2.06. The number of hydrogen-bond donors (Lipinski definition) is 2. The van der Waals surface area contributed by atoms with Gasteiger partial charge in [0.15, 0.2) is 0 Å². The second-order valence-electron chi connectivity index (χ2n) is 3.66. The van der Waals surface area contributed by atoms with E-state index in [0.29, 0.717) is 6.54 Å². The van der Waals surface area contributed by atoms with Crippen LogP contribution >= 0.6 is 0 Å². The van der Waals surface area contributed by atoms with Crippen LogP contribution in [0.5, 0.6) is 5.75 Å². The van der Waals surface area contributed by atoms with E-state index in [4.69, 9.17) is 5.11 Å². The Bertz CT molecular complexity index is 338. The third kappa shape index (κ3) is 5.55. The van der Waals surface area contributed by atoms with E-state index in [1.807, 2.05) is 0 Å². The molecule has 17 heavy (non-hydrogen) atoms. The van der Waals surface area contributed by atoms with E-state index in [2.05, 4.69) is 10.1 Å². The summed E-state index contributed by atoms with van der Waals surface area (Å²) in [5.41, 5.74) is 0.819. The molecule has 0 spiro atoms. The lowest BCUT2D eigenvalue weighted by Gasteiger charge is -2.12. The summed E-state index contributed by atoms with van der Waals surface area (Å²) in [6.45, 7) is 2.30. The Kier molecular flexibility index (Phi) is 4.77. The molecule has 0 saturated carbocycles. The van der Waals surface area contributed by atoms with E-state index >= 15 is 0 Å². The van der Waals surface area contributed by atoms with Crippen molar-refractivity contribution in [1.82, 2.24) is 5.32 Å². The molecule has 1 rings (SSSR count). The van der Waals surface area contributed by atoms with Gasteiger partial charge in [-0.3, -0.25) is 0 Å². The number of aliphatic hydroxyl groups is 1. The van der Waals surface area contributed by atoms with Gasteiger partial charge in [-0.2, -0.15) is 0 Å². The van der Waals surface area contributed by atoms with Gasteiger partial charge in [-0.05, 0) is 24.6 Å². The number of nitrogens with one attached hydrogen (secondary N) is 1. The molecule has 96 valence electrons.